The summed E-state index contributed by atoms with van der Waals surface area (Å²) in [6.07, 6.45) is 4.04. The van der Waals surface area contributed by atoms with Gasteiger partial charge in [0.1, 0.15) is 0 Å². The highest BCUT2D eigenvalue weighted by molar-refractivity contribution is 9.10. The summed E-state index contributed by atoms with van der Waals surface area (Å²) in [6.45, 7) is 4.01. The summed E-state index contributed by atoms with van der Waals surface area (Å²) < 4.78 is 1.18. The Morgan fingerprint density at radius 1 is 1.39 bits per heavy atom. The zero-order valence-electron chi connectivity index (χ0n) is 11.1. The molecule has 3 heteroatoms. The van der Waals surface area contributed by atoms with Crippen molar-refractivity contribution in [3.8, 4) is 0 Å². The third kappa shape index (κ3) is 3.81. The van der Waals surface area contributed by atoms with Gasteiger partial charge in [0.25, 0.3) is 0 Å². The van der Waals surface area contributed by atoms with Crippen LogP contribution in [0.5, 0.6) is 0 Å². The summed E-state index contributed by atoms with van der Waals surface area (Å²) in [5.41, 5.74) is 2.94. The molecule has 2 N–H and O–H groups in total. The monoisotopic (exact) mass is 311 g/mol. The Morgan fingerprint density at radius 3 is 2.89 bits per heavy atom. The van der Waals surface area contributed by atoms with Gasteiger partial charge in [-0.15, -0.1) is 0 Å². The van der Waals surface area contributed by atoms with Crippen molar-refractivity contribution in [3.63, 3.8) is 0 Å². The van der Waals surface area contributed by atoms with E-state index in [-0.39, 0.29) is 6.10 Å². The van der Waals surface area contributed by atoms with Crippen LogP contribution in [0.4, 0.5) is 0 Å². The molecule has 0 saturated carbocycles. The second-order valence-corrected chi connectivity index (χ2v) is 6.42. The number of halogens is 1. The largest absolute Gasteiger partial charge is 0.393 e. The zero-order chi connectivity index (χ0) is 13.1. The maximum Gasteiger partial charge on any atom is 0.0526 e. The molecule has 0 bridgehead atoms. The molecule has 0 radical (unpaired) electrons. The summed E-state index contributed by atoms with van der Waals surface area (Å²) in [6, 6.07) is 7.53. The number of aliphatic hydroxyl groups is 1. The highest BCUT2D eigenvalue weighted by Crippen LogP contribution is 2.25. The normalized spacial score (nSPS) is 22.3. The molecule has 1 aliphatic rings. The molecule has 3 unspecified atom stereocenters. The Balaban J connectivity index is 1.93. The molecule has 0 aliphatic heterocycles. The lowest BCUT2D eigenvalue weighted by Gasteiger charge is -2.29. The first-order chi connectivity index (χ1) is 8.54. The Hall–Kier alpha value is -0.380. The van der Waals surface area contributed by atoms with E-state index < -0.39 is 0 Å². The lowest BCUT2D eigenvalue weighted by atomic mass is 9.88. The van der Waals surface area contributed by atoms with E-state index in [1.165, 1.54) is 22.0 Å². The van der Waals surface area contributed by atoms with E-state index in [0.717, 1.165) is 19.3 Å². The number of hydrogen-bond acceptors (Lipinski definition) is 2. The summed E-state index contributed by atoms with van der Waals surface area (Å²) in [7, 11) is 0. The van der Waals surface area contributed by atoms with Crippen LogP contribution in [0.2, 0.25) is 0 Å². The standard InChI is InChI=1S/C15H22BrNO/c1-10(7-11(2)18)17-15-6-4-12-8-14(16)5-3-13(12)9-15/h3,5,8,10-11,15,17-18H,4,6-7,9H2,1-2H3. The van der Waals surface area contributed by atoms with Gasteiger partial charge < -0.3 is 10.4 Å². The van der Waals surface area contributed by atoms with E-state index in [9.17, 15) is 5.11 Å². The van der Waals surface area contributed by atoms with Gasteiger partial charge in [-0.1, -0.05) is 22.0 Å². The van der Waals surface area contributed by atoms with Crippen LogP contribution in [0, 0.1) is 0 Å². The van der Waals surface area contributed by atoms with Crippen LogP contribution in [-0.4, -0.2) is 23.3 Å². The van der Waals surface area contributed by atoms with Crippen molar-refractivity contribution in [2.75, 3.05) is 0 Å². The summed E-state index contributed by atoms with van der Waals surface area (Å²) >= 11 is 3.53. The van der Waals surface area contributed by atoms with Gasteiger partial charge in [-0.2, -0.15) is 0 Å². The quantitative estimate of drug-likeness (QED) is 0.895. The van der Waals surface area contributed by atoms with Gasteiger partial charge in [0, 0.05) is 16.6 Å². The van der Waals surface area contributed by atoms with Crippen molar-refractivity contribution >= 4 is 15.9 Å². The number of fused-ring (bicyclic) bond motifs is 1. The summed E-state index contributed by atoms with van der Waals surface area (Å²) in [5.74, 6) is 0. The highest BCUT2D eigenvalue weighted by atomic mass is 79.9. The Labute approximate surface area is 118 Å². The summed E-state index contributed by atoms with van der Waals surface area (Å²) in [5, 5.41) is 13.0. The molecule has 100 valence electrons. The number of rotatable bonds is 4. The molecule has 18 heavy (non-hydrogen) atoms. The Bertz CT molecular complexity index is 405. The van der Waals surface area contributed by atoms with Crippen LogP contribution in [0.3, 0.4) is 0 Å². The number of nitrogens with one attached hydrogen (secondary N) is 1. The van der Waals surface area contributed by atoms with Crippen molar-refractivity contribution in [2.45, 2.75) is 57.7 Å². The van der Waals surface area contributed by atoms with Gasteiger partial charge >= 0.3 is 0 Å². The average Bonchev–Trinajstić information content (AvgIpc) is 2.28. The van der Waals surface area contributed by atoms with Crippen LogP contribution >= 0.6 is 15.9 Å². The minimum absolute atomic E-state index is 0.223. The van der Waals surface area contributed by atoms with Gasteiger partial charge in [0.2, 0.25) is 0 Å². The van der Waals surface area contributed by atoms with Crippen LogP contribution < -0.4 is 5.32 Å². The minimum atomic E-state index is -0.223. The van der Waals surface area contributed by atoms with Crippen molar-refractivity contribution in [1.82, 2.24) is 5.32 Å². The van der Waals surface area contributed by atoms with Crippen molar-refractivity contribution in [3.05, 3.63) is 33.8 Å². The topological polar surface area (TPSA) is 32.3 Å². The van der Waals surface area contributed by atoms with Crippen LogP contribution in [0.15, 0.2) is 22.7 Å². The first kappa shape index (κ1) is 14.0. The van der Waals surface area contributed by atoms with Crippen molar-refractivity contribution < 1.29 is 5.11 Å². The van der Waals surface area contributed by atoms with Gasteiger partial charge in [-0.25, -0.2) is 0 Å². The Kier molecular flexibility index (Phi) is 4.82. The molecule has 1 aliphatic carbocycles. The lowest BCUT2D eigenvalue weighted by molar-refractivity contribution is 0.167. The molecular weight excluding hydrogens is 290 g/mol. The van der Waals surface area contributed by atoms with Crippen LogP contribution in [0.25, 0.3) is 0 Å². The molecule has 0 heterocycles. The maximum atomic E-state index is 9.40. The van der Waals surface area contributed by atoms with Crippen LogP contribution in [-0.2, 0) is 12.8 Å². The van der Waals surface area contributed by atoms with E-state index in [4.69, 9.17) is 0 Å². The zero-order valence-corrected chi connectivity index (χ0v) is 12.7. The molecular formula is C15H22BrNO. The fourth-order valence-electron chi connectivity index (χ4n) is 2.85. The summed E-state index contributed by atoms with van der Waals surface area (Å²) in [4.78, 5) is 0. The number of aryl methyl sites for hydroxylation is 1. The van der Waals surface area contributed by atoms with Gasteiger partial charge in [0.05, 0.1) is 6.10 Å². The van der Waals surface area contributed by atoms with Gasteiger partial charge in [-0.3, -0.25) is 0 Å². The molecule has 3 atom stereocenters. The molecule has 1 aromatic carbocycles. The molecule has 1 aromatic rings. The lowest BCUT2D eigenvalue weighted by Crippen LogP contribution is -2.41. The smallest absolute Gasteiger partial charge is 0.0526 e. The van der Waals surface area contributed by atoms with Gasteiger partial charge in [0.15, 0.2) is 0 Å². The van der Waals surface area contributed by atoms with Gasteiger partial charge in [-0.05, 0) is 62.8 Å². The van der Waals surface area contributed by atoms with E-state index in [1.54, 1.807) is 0 Å². The average molecular weight is 312 g/mol. The minimum Gasteiger partial charge on any atom is -0.393 e. The molecule has 0 spiro atoms. The molecule has 0 aromatic heterocycles. The molecule has 0 amide bonds. The molecule has 2 nitrogen and oxygen atoms in total. The van der Waals surface area contributed by atoms with E-state index in [2.05, 4.69) is 46.4 Å². The van der Waals surface area contributed by atoms with E-state index >= 15 is 0 Å². The predicted octanol–water partition coefficient (Wildman–Crippen LogP) is 3.06. The Morgan fingerprint density at radius 2 is 2.17 bits per heavy atom. The van der Waals surface area contributed by atoms with Crippen molar-refractivity contribution in [2.24, 2.45) is 0 Å². The second-order valence-electron chi connectivity index (χ2n) is 5.51. The first-order valence-corrected chi connectivity index (χ1v) is 7.55. The van der Waals surface area contributed by atoms with E-state index in [1.807, 2.05) is 6.92 Å². The van der Waals surface area contributed by atoms with E-state index in [0.29, 0.717) is 12.1 Å². The van der Waals surface area contributed by atoms with Crippen molar-refractivity contribution in [1.29, 1.82) is 0 Å². The fourth-order valence-corrected chi connectivity index (χ4v) is 3.26. The number of aliphatic hydroxyl groups excluding tert-OH is 1. The molecule has 0 fully saturated rings. The SMILES string of the molecule is CC(O)CC(C)NC1CCc2cc(Br)ccc2C1. The molecule has 0 saturated heterocycles. The third-order valence-electron chi connectivity index (χ3n) is 3.61. The number of hydrogen-bond donors (Lipinski definition) is 2. The number of benzene rings is 1. The van der Waals surface area contributed by atoms with Crippen LogP contribution in [0.1, 0.15) is 37.8 Å². The first-order valence-electron chi connectivity index (χ1n) is 6.76. The molecule has 2 rings (SSSR count). The second kappa shape index (κ2) is 6.18. The highest BCUT2D eigenvalue weighted by Gasteiger charge is 2.20. The predicted molar refractivity (Wildman–Crippen MR) is 78.9 cm³/mol. The fraction of sp³-hybridized carbons (Fsp3) is 0.600. The maximum absolute atomic E-state index is 9.40. The third-order valence-corrected chi connectivity index (χ3v) is 4.10.